The minimum atomic E-state index is -1.04. The number of nitrogens with zero attached hydrogens (tertiary/aromatic N) is 1. The van der Waals surface area contributed by atoms with Crippen molar-refractivity contribution in [1.29, 1.82) is 0 Å². The quantitative estimate of drug-likeness (QED) is 0.584. The van der Waals surface area contributed by atoms with Crippen LogP contribution >= 0.6 is 0 Å². The number of urea groups is 1. The van der Waals surface area contributed by atoms with Gasteiger partial charge in [-0.25, -0.2) is 4.79 Å². The molecule has 0 saturated heterocycles. The van der Waals surface area contributed by atoms with E-state index in [1.165, 1.54) is 11.8 Å². The summed E-state index contributed by atoms with van der Waals surface area (Å²) in [4.78, 5) is 22.3. The minimum Gasteiger partial charge on any atom is -0.480 e. The second-order valence-electron chi connectivity index (χ2n) is 2.40. The van der Waals surface area contributed by atoms with E-state index in [1.54, 1.807) is 14.1 Å². The number of carboxylic acids is 1. The van der Waals surface area contributed by atoms with Crippen LogP contribution in [0.15, 0.2) is 0 Å². The fourth-order valence-electron chi connectivity index (χ4n) is 0.376. The van der Waals surface area contributed by atoms with Crippen molar-refractivity contribution in [2.75, 3.05) is 14.1 Å². The summed E-state index contributed by atoms with van der Waals surface area (Å²) in [7, 11) is 3.09. The highest BCUT2D eigenvalue weighted by atomic mass is 16.4. The molecule has 1 unspecified atom stereocenters. The van der Waals surface area contributed by atoms with Crippen LogP contribution in [0.5, 0.6) is 0 Å². The number of carbonyl (C=O) groups excluding carboxylic acids is 1. The number of amides is 2. The monoisotopic (exact) mass is 160 g/mol. The predicted octanol–water partition coefficient (Wildman–Crippen LogP) is -0.269. The summed E-state index contributed by atoms with van der Waals surface area (Å²) >= 11 is 0. The van der Waals surface area contributed by atoms with E-state index in [1.807, 2.05) is 0 Å². The molecular weight excluding hydrogens is 148 g/mol. The number of hydrogen-bond acceptors (Lipinski definition) is 2. The Bertz CT molecular complexity index is 167. The molecule has 64 valence electrons. The Kier molecular flexibility index (Phi) is 3.36. The zero-order valence-corrected chi connectivity index (χ0v) is 6.79. The first-order valence-corrected chi connectivity index (χ1v) is 3.15. The Hall–Kier alpha value is -1.26. The van der Waals surface area contributed by atoms with Crippen molar-refractivity contribution in [3.8, 4) is 0 Å². The number of aliphatic carboxylic acids is 1. The summed E-state index contributed by atoms with van der Waals surface area (Å²) in [6, 6.07) is -1.25. The summed E-state index contributed by atoms with van der Waals surface area (Å²) < 4.78 is 0. The molecule has 0 aromatic carbocycles. The molecule has 11 heavy (non-hydrogen) atoms. The van der Waals surface area contributed by atoms with E-state index in [0.717, 1.165) is 0 Å². The van der Waals surface area contributed by atoms with Gasteiger partial charge in [0.2, 0.25) is 0 Å². The molecule has 1 atom stereocenters. The van der Waals surface area contributed by atoms with Gasteiger partial charge in [-0.1, -0.05) is 0 Å². The Morgan fingerprint density at radius 2 is 1.91 bits per heavy atom. The number of carbonyl (C=O) groups is 2. The van der Waals surface area contributed by atoms with E-state index in [-0.39, 0.29) is 0 Å². The van der Waals surface area contributed by atoms with Gasteiger partial charge in [0.05, 0.1) is 0 Å². The molecule has 0 rings (SSSR count). The van der Waals surface area contributed by atoms with E-state index in [4.69, 9.17) is 5.11 Å². The first kappa shape index (κ1) is 9.74. The van der Waals surface area contributed by atoms with Gasteiger partial charge in [0.1, 0.15) is 6.04 Å². The zero-order chi connectivity index (χ0) is 9.02. The van der Waals surface area contributed by atoms with Crippen molar-refractivity contribution in [1.82, 2.24) is 10.2 Å². The maximum atomic E-state index is 10.8. The van der Waals surface area contributed by atoms with Crippen molar-refractivity contribution < 1.29 is 14.7 Å². The van der Waals surface area contributed by atoms with Crippen LogP contribution in [0.1, 0.15) is 6.92 Å². The molecule has 0 heterocycles. The third kappa shape index (κ3) is 3.44. The molecule has 0 saturated carbocycles. The lowest BCUT2D eigenvalue weighted by molar-refractivity contribution is -0.138. The molecule has 0 aliphatic heterocycles. The first-order chi connectivity index (χ1) is 4.95. The van der Waals surface area contributed by atoms with Crippen LogP contribution in [-0.4, -0.2) is 42.1 Å². The van der Waals surface area contributed by atoms with E-state index < -0.39 is 18.0 Å². The van der Waals surface area contributed by atoms with Gasteiger partial charge in [0.25, 0.3) is 0 Å². The van der Waals surface area contributed by atoms with Crippen LogP contribution in [0.25, 0.3) is 0 Å². The highest BCUT2D eigenvalue weighted by Crippen LogP contribution is 1.83. The molecule has 0 aliphatic rings. The average molecular weight is 160 g/mol. The summed E-state index contributed by atoms with van der Waals surface area (Å²) in [5, 5.41) is 10.6. The Morgan fingerprint density at radius 1 is 1.45 bits per heavy atom. The lowest BCUT2D eigenvalue weighted by atomic mass is 10.3. The second kappa shape index (κ2) is 3.80. The largest absolute Gasteiger partial charge is 0.480 e. The Labute approximate surface area is 65.0 Å². The number of rotatable bonds is 2. The second-order valence-corrected chi connectivity index (χ2v) is 2.40. The topological polar surface area (TPSA) is 69.6 Å². The molecule has 5 heteroatoms. The Morgan fingerprint density at radius 3 is 2.18 bits per heavy atom. The Balaban J connectivity index is 3.85. The van der Waals surface area contributed by atoms with Crippen LogP contribution in [0.2, 0.25) is 0 Å². The molecule has 2 amide bonds. The van der Waals surface area contributed by atoms with E-state index in [2.05, 4.69) is 5.32 Å². The maximum absolute atomic E-state index is 10.8. The molecule has 0 radical (unpaired) electrons. The standard InChI is InChI=1S/C6H12N2O3/c1-4(5(9)10)7-6(11)8(2)3/h4H,1-3H3,(H,7,11)(H,9,10). The van der Waals surface area contributed by atoms with Crippen molar-refractivity contribution in [3.63, 3.8) is 0 Å². The van der Waals surface area contributed by atoms with Gasteiger partial charge in [-0.15, -0.1) is 0 Å². The van der Waals surface area contributed by atoms with Gasteiger partial charge < -0.3 is 15.3 Å². The van der Waals surface area contributed by atoms with E-state index in [0.29, 0.717) is 0 Å². The lowest BCUT2D eigenvalue weighted by Crippen LogP contribution is -2.43. The normalized spacial score (nSPS) is 11.9. The van der Waals surface area contributed by atoms with Gasteiger partial charge in [0, 0.05) is 14.1 Å². The van der Waals surface area contributed by atoms with Gasteiger partial charge in [-0.3, -0.25) is 4.79 Å². The zero-order valence-electron chi connectivity index (χ0n) is 6.79. The predicted molar refractivity (Wildman–Crippen MR) is 39.3 cm³/mol. The van der Waals surface area contributed by atoms with E-state index >= 15 is 0 Å². The number of nitrogens with one attached hydrogen (secondary N) is 1. The molecule has 2 N–H and O–H groups in total. The summed E-state index contributed by atoms with van der Waals surface area (Å²) in [6.45, 7) is 1.41. The molecule has 0 aromatic heterocycles. The smallest absolute Gasteiger partial charge is 0.325 e. The van der Waals surface area contributed by atoms with Crippen LogP contribution in [0.4, 0.5) is 4.79 Å². The fraction of sp³-hybridized carbons (Fsp3) is 0.667. The summed E-state index contributed by atoms with van der Waals surface area (Å²) in [5.74, 6) is -1.04. The van der Waals surface area contributed by atoms with Crippen LogP contribution in [0, 0.1) is 0 Å². The summed E-state index contributed by atoms with van der Waals surface area (Å²) in [6.07, 6.45) is 0. The molecular formula is C6H12N2O3. The molecule has 0 aromatic rings. The highest BCUT2D eigenvalue weighted by Gasteiger charge is 2.14. The minimum absolute atomic E-state index is 0.403. The lowest BCUT2D eigenvalue weighted by Gasteiger charge is -2.14. The number of carboxylic acid groups (broad SMARTS) is 1. The SMILES string of the molecule is CC(NC(=O)N(C)C)C(=O)O. The maximum Gasteiger partial charge on any atom is 0.325 e. The highest BCUT2D eigenvalue weighted by molar-refractivity contribution is 5.81. The van der Waals surface area contributed by atoms with Gasteiger partial charge in [0.15, 0.2) is 0 Å². The molecule has 0 aliphatic carbocycles. The van der Waals surface area contributed by atoms with Gasteiger partial charge in [-0.05, 0) is 6.92 Å². The van der Waals surface area contributed by atoms with Crippen LogP contribution < -0.4 is 5.32 Å². The third-order valence-corrected chi connectivity index (χ3v) is 1.12. The van der Waals surface area contributed by atoms with Crippen molar-refractivity contribution >= 4 is 12.0 Å². The average Bonchev–Trinajstić information content (AvgIpc) is 1.87. The molecule has 0 spiro atoms. The van der Waals surface area contributed by atoms with E-state index in [9.17, 15) is 9.59 Å². The summed E-state index contributed by atoms with van der Waals surface area (Å²) in [5.41, 5.74) is 0. The molecule has 5 nitrogen and oxygen atoms in total. The van der Waals surface area contributed by atoms with Crippen molar-refractivity contribution in [2.24, 2.45) is 0 Å². The van der Waals surface area contributed by atoms with Gasteiger partial charge in [-0.2, -0.15) is 0 Å². The third-order valence-electron chi connectivity index (χ3n) is 1.12. The molecule has 0 bridgehead atoms. The van der Waals surface area contributed by atoms with Crippen molar-refractivity contribution in [2.45, 2.75) is 13.0 Å². The van der Waals surface area contributed by atoms with Crippen LogP contribution in [0.3, 0.4) is 0 Å². The molecule has 0 fully saturated rings. The van der Waals surface area contributed by atoms with Gasteiger partial charge >= 0.3 is 12.0 Å². The fourth-order valence-corrected chi connectivity index (χ4v) is 0.376. The first-order valence-electron chi connectivity index (χ1n) is 3.15. The van der Waals surface area contributed by atoms with Crippen LogP contribution in [-0.2, 0) is 4.79 Å². The number of hydrogen-bond donors (Lipinski definition) is 2. The van der Waals surface area contributed by atoms with Crippen molar-refractivity contribution in [3.05, 3.63) is 0 Å².